The fourth-order valence-corrected chi connectivity index (χ4v) is 4.41. The topological polar surface area (TPSA) is 72.2 Å². The average Bonchev–Trinajstić information content (AvgIpc) is 3.54. The number of carbonyl (C=O) groups excluding carboxylic acids is 2. The van der Waals surface area contributed by atoms with Gasteiger partial charge in [-0.15, -0.1) is 0 Å². The van der Waals surface area contributed by atoms with E-state index in [0.717, 1.165) is 37.0 Å². The molecule has 0 N–H and O–H groups in total. The van der Waals surface area contributed by atoms with Crippen molar-refractivity contribution in [2.45, 2.75) is 59.5 Å². The minimum atomic E-state index is -0.145. The molecular formula is C30H36N2O5. The zero-order valence-corrected chi connectivity index (χ0v) is 22.0. The molecule has 7 heteroatoms. The van der Waals surface area contributed by atoms with E-state index in [1.807, 2.05) is 68.4 Å². The lowest BCUT2D eigenvalue weighted by atomic mass is 10.1. The molecule has 0 bridgehead atoms. The van der Waals surface area contributed by atoms with Crippen molar-refractivity contribution in [3.8, 4) is 11.5 Å². The minimum Gasteiger partial charge on any atom is -0.464 e. The summed E-state index contributed by atoms with van der Waals surface area (Å²) in [7, 11) is 0. The van der Waals surface area contributed by atoms with Gasteiger partial charge in [-0.05, 0) is 73.7 Å². The third kappa shape index (κ3) is 6.94. The van der Waals surface area contributed by atoms with Crippen molar-refractivity contribution in [3.05, 3.63) is 82.8 Å². The second-order valence-electron chi connectivity index (χ2n) is 9.48. The number of ether oxygens (including phenoxy) is 2. The van der Waals surface area contributed by atoms with Crippen LogP contribution in [0.3, 0.4) is 0 Å². The number of furan rings is 1. The highest BCUT2D eigenvalue weighted by Gasteiger charge is 2.24. The normalized spacial score (nSPS) is 12.0. The molecule has 37 heavy (non-hydrogen) atoms. The summed E-state index contributed by atoms with van der Waals surface area (Å²) in [5.74, 6) is 2.58. The second kappa shape index (κ2) is 12.5. The summed E-state index contributed by atoms with van der Waals surface area (Å²) in [6.45, 7) is 7.41. The van der Waals surface area contributed by atoms with Gasteiger partial charge in [-0.1, -0.05) is 38.5 Å². The number of rotatable bonds is 12. The molecule has 3 aromatic rings. The Kier molecular flexibility index (Phi) is 8.88. The Morgan fingerprint density at radius 2 is 1.59 bits per heavy atom. The van der Waals surface area contributed by atoms with Crippen LogP contribution in [0.5, 0.6) is 11.5 Å². The van der Waals surface area contributed by atoms with Crippen LogP contribution in [-0.2, 0) is 24.3 Å². The lowest BCUT2D eigenvalue weighted by Gasteiger charge is -2.27. The summed E-state index contributed by atoms with van der Waals surface area (Å²) in [6.07, 6.45) is 4.02. The number of hydrogen-bond acceptors (Lipinski definition) is 5. The Bertz CT molecular complexity index is 1200. The summed E-state index contributed by atoms with van der Waals surface area (Å²) < 4.78 is 16.7. The van der Waals surface area contributed by atoms with Crippen molar-refractivity contribution in [1.82, 2.24) is 9.80 Å². The highest BCUT2D eigenvalue weighted by atomic mass is 16.7. The minimum absolute atomic E-state index is 0.00545. The molecule has 0 saturated carbocycles. The molecule has 0 saturated heterocycles. The van der Waals surface area contributed by atoms with E-state index in [4.69, 9.17) is 13.9 Å². The highest BCUT2D eigenvalue weighted by Crippen LogP contribution is 2.33. The SMILES string of the molecule is CCCCc1ccc(C(=O)N(CCC)CC(=O)N(Cc2ccc3c(c2)OCO3)Cc2ccc(C)o2)cc1. The molecule has 1 aliphatic rings. The predicted molar refractivity (Wildman–Crippen MR) is 142 cm³/mol. The van der Waals surface area contributed by atoms with Gasteiger partial charge in [-0.2, -0.15) is 0 Å². The molecule has 0 spiro atoms. The van der Waals surface area contributed by atoms with E-state index in [9.17, 15) is 9.59 Å². The quantitative estimate of drug-likeness (QED) is 0.315. The van der Waals surface area contributed by atoms with Crippen LogP contribution < -0.4 is 9.47 Å². The maximum Gasteiger partial charge on any atom is 0.254 e. The van der Waals surface area contributed by atoms with Crippen LogP contribution in [0.2, 0.25) is 0 Å². The smallest absolute Gasteiger partial charge is 0.254 e. The highest BCUT2D eigenvalue weighted by molar-refractivity contribution is 5.96. The van der Waals surface area contributed by atoms with Crippen LogP contribution in [0.1, 0.15) is 66.1 Å². The molecule has 0 fully saturated rings. The molecule has 7 nitrogen and oxygen atoms in total. The first-order valence-electron chi connectivity index (χ1n) is 13.1. The van der Waals surface area contributed by atoms with Gasteiger partial charge in [0.15, 0.2) is 11.5 Å². The van der Waals surface area contributed by atoms with Crippen LogP contribution in [-0.4, -0.2) is 41.5 Å². The fraction of sp³-hybridized carbons (Fsp3) is 0.400. The van der Waals surface area contributed by atoms with Crippen molar-refractivity contribution in [2.75, 3.05) is 19.9 Å². The molecule has 196 valence electrons. The van der Waals surface area contributed by atoms with Crippen LogP contribution >= 0.6 is 0 Å². The summed E-state index contributed by atoms with van der Waals surface area (Å²) >= 11 is 0. The molecule has 2 aromatic carbocycles. The zero-order chi connectivity index (χ0) is 26.2. The summed E-state index contributed by atoms with van der Waals surface area (Å²) in [5, 5.41) is 0. The van der Waals surface area contributed by atoms with Gasteiger partial charge in [-0.25, -0.2) is 0 Å². The first-order chi connectivity index (χ1) is 18.0. The fourth-order valence-electron chi connectivity index (χ4n) is 4.41. The van der Waals surface area contributed by atoms with Gasteiger partial charge < -0.3 is 23.7 Å². The molecule has 0 unspecified atom stereocenters. The van der Waals surface area contributed by atoms with E-state index >= 15 is 0 Å². The van der Waals surface area contributed by atoms with Gasteiger partial charge in [0.05, 0.1) is 6.54 Å². The molecule has 0 atom stereocenters. The van der Waals surface area contributed by atoms with Crippen LogP contribution in [0.4, 0.5) is 0 Å². The molecule has 0 radical (unpaired) electrons. The maximum atomic E-state index is 13.6. The van der Waals surface area contributed by atoms with Crippen LogP contribution in [0.15, 0.2) is 59.0 Å². The van der Waals surface area contributed by atoms with E-state index in [1.165, 1.54) is 5.56 Å². The Balaban J connectivity index is 1.50. The van der Waals surface area contributed by atoms with Crippen LogP contribution in [0, 0.1) is 6.92 Å². The molecule has 2 amide bonds. The third-order valence-electron chi connectivity index (χ3n) is 6.43. The Morgan fingerprint density at radius 1 is 0.838 bits per heavy atom. The Hall–Kier alpha value is -3.74. The maximum absolute atomic E-state index is 13.6. The number of fused-ring (bicyclic) bond motifs is 1. The van der Waals surface area contributed by atoms with E-state index in [2.05, 4.69) is 6.92 Å². The Morgan fingerprint density at radius 3 is 2.30 bits per heavy atom. The number of unbranched alkanes of at least 4 members (excludes halogenated alkanes) is 1. The van der Waals surface area contributed by atoms with Crippen molar-refractivity contribution in [1.29, 1.82) is 0 Å². The van der Waals surface area contributed by atoms with Crippen molar-refractivity contribution in [3.63, 3.8) is 0 Å². The van der Waals surface area contributed by atoms with E-state index in [0.29, 0.717) is 42.5 Å². The first kappa shape index (κ1) is 26.3. The number of aryl methyl sites for hydroxylation is 2. The van der Waals surface area contributed by atoms with Gasteiger partial charge in [0, 0.05) is 18.7 Å². The number of nitrogens with zero attached hydrogens (tertiary/aromatic N) is 2. The number of carbonyl (C=O) groups is 2. The van der Waals surface area contributed by atoms with Crippen LogP contribution in [0.25, 0.3) is 0 Å². The summed E-state index contributed by atoms with van der Waals surface area (Å²) in [6, 6.07) is 17.2. The monoisotopic (exact) mass is 504 g/mol. The zero-order valence-electron chi connectivity index (χ0n) is 22.0. The molecule has 1 aromatic heterocycles. The molecule has 1 aliphatic heterocycles. The second-order valence-corrected chi connectivity index (χ2v) is 9.48. The number of benzene rings is 2. The predicted octanol–water partition coefficient (Wildman–Crippen LogP) is 5.74. The van der Waals surface area contributed by atoms with Gasteiger partial charge in [-0.3, -0.25) is 9.59 Å². The Labute approximate surface area is 219 Å². The number of amides is 2. The standard InChI is InChI=1S/C30H36N2O5/c1-4-6-7-23-9-12-25(13-10-23)30(34)31(16-5-2)20-29(33)32(19-26-14-8-22(3)37-26)18-24-11-15-27-28(17-24)36-21-35-27/h8-15,17H,4-7,16,18-21H2,1-3H3. The van der Waals surface area contributed by atoms with E-state index < -0.39 is 0 Å². The summed E-state index contributed by atoms with van der Waals surface area (Å²) in [4.78, 5) is 30.4. The van der Waals surface area contributed by atoms with Gasteiger partial charge in [0.25, 0.3) is 5.91 Å². The van der Waals surface area contributed by atoms with Gasteiger partial charge >= 0.3 is 0 Å². The molecule has 0 aliphatic carbocycles. The van der Waals surface area contributed by atoms with Crippen molar-refractivity contribution in [2.24, 2.45) is 0 Å². The number of hydrogen-bond donors (Lipinski definition) is 0. The molecular weight excluding hydrogens is 468 g/mol. The first-order valence-corrected chi connectivity index (χ1v) is 13.1. The van der Waals surface area contributed by atoms with E-state index in [1.54, 1.807) is 9.80 Å². The molecule has 2 heterocycles. The lowest BCUT2D eigenvalue weighted by molar-refractivity contribution is -0.133. The van der Waals surface area contributed by atoms with E-state index in [-0.39, 0.29) is 25.2 Å². The van der Waals surface area contributed by atoms with Gasteiger partial charge in [0.2, 0.25) is 12.7 Å². The molecule has 4 rings (SSSR count). The van der Waals surface area contributed by atoms with Crippen molar-refractivity contribution >= 4 is 11.8 Å². The summed E-state index contributed by atoms with van der Waals surface area (Å²) in [5.41, 5.74) is 2.74. The largest absolute Gasteiger partial charge is 0.464 e. The average molecular weight is 505 g/mol. The lowest BCUT2D eigenvalue weighted by Crippen LogP contribution is -2.42. The van der Waals surface area contributed by atoms with Gasteiger partial charge in [0.1, 0.15) is 18.1 Å². The third-order valence-corrected chi connectivity index (χ3v) is 6.43. The van der Waals surface area contributed by atoms with Crippen molar-refractivity contribution < 1.29 is 23.5 Å².